The van der Waals surface area contributed by atoms with Gasteiger partial charge in [-0.05, 0) is 41.0 Å². The molecule has 1 unspecified atom stereocenters. The molecule has 0 radical (unpaired) electrons. The highest BCUT2D eigenvalue weighted by Gasteiger charge is 2.14. The molecule has 4 heteroatoms. The molecule has 0 saturated carbocycles. The average Bonchev–Trinajstić information content (AvgIpc) is 2.15. The molecular formula is C10H12BrF2N. The van der Waals surface area contributed by atoms with Gasteiger partial charge in [0.05, 0.1) is 4.47 Å². The second-order valence-electron chi connectivity index (χ2n) is 3.04. The first-order valence-electron chi connectivity index (χ1n) is 4.44. The highest BCUT2D eigenvalue weighted by atomic mass is 79.9. The van der Waals surface area contributed by atoms with Crippen LogP contribution in [0.2, 0.25) is 0 Å². The summed E-state index contributed by atoms with van der Waals surface area (Å²) in [5, 5.41) is 3.13. The first-order valence-corrected chi connectivity index (χ1v) is 5.24. The van der Waals surface area contributed by atoms with Gasteiger partial charge < -0.3 is 5.32 Å². The van der Waals surface area contributed by atoms with E-state index >= 15 is 0 Å². The van der Waals surface area contributed by atoms with Crippen molar-refractivity contribution in [1.29, 1.82) is 0 Å². The van der Waals surface area contributed by atoms with E-state index in [-0.39, 0.29) is 10.5 Å². The van der Waals surface area contributed by atoms with Crippen molar-refractivity contribution in [1.82, 2.24) is 5.32 Å². The maximum Gasteiger partial charge on any atom is 0.173 e. The van der Waals surface area contributed by atoms with Crippen molar-refractivity contribution in [3.05, 3.63) is 33.8 Å². The number of hydrogen-bond acceptors (Lipinski definition) is 1. The van der Waals surface area contributed by atoms with Crippen molar-refractivity contribution >= 4 is 15.9 Å². The van der Waals surface area contributed by atoms with E-state index in [1.807, 2.05) is 13.8 Å². The normalized spacial score (nSPS) is 12.9. The van der Waals surface area contributed by atoms with E-state index in [9.17, 15) is 8.78 Å². The molecule has 0 aromatic heterocycles. The van der Waals surface area contributed by atoms with Gasteiger partial charge in [-0.15, -0.1) is 0 Å². The van der Waals surface area contributed by atoms with Gasteiger partial charge in [0.1, 0.15) is 0 Å². The van der Waals surface area contributed by atoms with Crippen LogP contribution < -0.4 is 5.32 Å². The Morgan fingerprint density at radius 1 is 1.43 bits per heavy atom. The molecule has 78 valence electrons. The smallest absolute Gasteiger partial charge is 0.173 e. The Morgan fingerprint density at radius 2 is 2.07 bits per heavy atom. The second kappa shape index (κ2) is 4.84. The first-order chi connectivity index (χ1) is 6.57. The van der Waals surface area contributed by atoms with Gasteiger partial charge in [0.2, 0.25) is 0 Å². The minimum absolute atomic E-state index is 0.00414. The molecule has 0 aliphatic heterocycles. The number of nitrogens with one attached hydrogen (secondary N) is 1. The van der Waals surface area contributed by atoms with E-state index in [0.717, 1.165) is 18.2 Å². The van der Waals surface area contributed by atoms with Crippen LogP contribution in [0.4, 0.5) is 8.78 Å². The Morgan fingerprint density at radius 3 is 2.64 bits per heavy atom. The maximum atomic E-state index is 13.1. The molecule has 1 aromatic rings. The maximum absolute atomic E-state index is 13.1. The molecule has 0 spiro atoms. The van der Waals surface area contributed by atoms with Gasteiger partial charge >= 0.3 is 0 Å². The molecule has 0 amide bonds. The van der Waals surface area contributed by atoms with Crippen LogP contribution in [-0.4, -0.2) is 6.54 Å². The quantitative estimate of drug-likeness (QED) is 0.825. The Kier molecular flexibility index (Phi) is 4.01. The van der Waals surface area contributed by atoms with Crippen molar-refractivity contribution < 1.29 is 8.78 Å². The van der Waals surface area contributed by atoms with Crippen molar-refractivity contribution in [3.63, 3.8) is 0 Å². The van der Waals surface area contributed by atoms with E-state index in [1.54, 1.807) is 6.07 Å². The molecule has 0 bridgehead atoms. The summed E-state index contributed by atoms with van der Waals surface area (Å²) in [7, 11) is 0. The van der Waals surface area contributed by atoms with Gasteiger partial charge in [-0.2, -0.15) is 0 Å². The topological polar surface area (TPSA) is 12.0 Å². The zero-order chi connectivity index (χ0) is 10.7. The van der Waals surface area contributed by atoms with Crippen LogP contribution in [-0.2, 0) is 0 Å². The summed E-state index contributed by atoms with van der Waals surface area (Å²) in [6.07, 6.45) is 0. The lowest BCUT2D eigenvalue weighted by Crippen LogP contribution is -2.18. The van der Waals surface area contributed by atoms with Crippen molar-refractivity contribution in [2.45, 2.75) is 19.9 Å². The molecule has 14 heavy (non-hydrogen) atoms. The second-order valence-corrected chi connectivity index (χ2v) is 3.84. The minimum atomic E-state index is -0.829. The van der Waals surface area contributed by atoms with Gasteiger partial charge in [0, 0.05) is 6.04 Å². The van der Waals surface area contributed by atoms with Crippen molar-refractivity contribution in [2.24, 2.45) is 0 Å². The van der Waals surface area contributed by atoms with Gasteiger partial charge in [-0.1, -0.05) is 13.0 Å². The zero-order valence-corrected chi connectivity index (χ0v) is 9.66. The van der Waals surface area contributed by atoms with Gasteiger partial charge in [-0.3, -0.25) is 0 Å². The van der Waals surface area contributed by atoms with Crippen molar-refractivity contribution in [3.8, 4) is 0 Å². The van der Waals surface area contributed by atoms with Crippen molar-refractivity contribution in [2.75, 3.05) is 6.54 Å². The predicted molar refractivity (Wildman–Crippen MR) is 56.1 cm³/mol. The first kappa shape index (κ1) is 11.6. The van der Waals surface area contributed by atoms with Crippen LogP contribution in [0.3, 0.4) is 0 Å². The largest absolute Gasteiger partial charge is 0.310 e. The monoisotopic (exact) mass is 263 g/mol. The number of halogens is 3. The third-order valence-electron chi connectivity index (χ3n) is 2.04. The van der Waals surface area contributed by atoms with Crippen LogP contribution in [0.25, 0.3) is 0 Å². The molecule has 1 rings (SSSR count). The van der Waals surface area contributed by atoms with Crippen LogP contribution in [0.5, 0.6) is 0 Å². The van der Waals surface area contributed by atoms with E-state index < -0.39 is 11.6 Å². The van der Waals surface area contributed by atoms with Gasteiger partial charge in [0.25, 0.3) is 0 Å². The summed E-state index contributed by atoms with van der Waals surface area (Å²) in [6.45, 7) is 4.65. The van der Waals surface area contributed by atoms with Crippen LogP contribution in [0.1, 0.15) is 25.5 Å². The Balaban J connectivity index is 3.04. The summed E-state index contributed by atoms with van der Waals surface area (Å²) < 4.78 is 26.1. The predicted octanol–water partition coefficient (Wildman–Crippen LogP) is 3.40. The van der Waals surface area contributed by atoms with E-state index in [1.165, 1.54) is 0 Å². The molecule has 0 heterocycles. The standard InChI is InChI=1S/C10H12BrF2N/c1-3-14-6(2)7-4-5-8(12)10(13)9(7)11/h4-6,14H,3H2,1-2H3. The molecule has 0 fully saturated rings. The van der Waals surface area contributed by atoms with Crippen LogP contribution >= 0.6 is 15.9 Å². The lowest BCUT2D eigenvalue weighted by Gasteiger charge is -2.14. The van der Waals surface area contributed by atoms with Crippen LogP contribution in [0.15, 0.2) is 16.6 Å². The van der Waals surface area contributed by atoms with Gasteiger partial charge in [-0.25, -0.2) is 8.78 Å². The lowest BCUT2D eigenvalue weighted by atomic mass is 10.1. The molecule has 1 nitrogen and oxygen atoms in total. The molecule has 0 saturated heterocycles. The molecule has 0 aliphatic rings. The van der Waals surface area contributed by atoms with Gasteiger partial charge in [0.15, 0.2) is 11.6 Å². The fraction of sp³-hybridized carbons (Fsp3) is 0.400. The summed E-state index contributed by atoms with van der Waals surface area (Å²) in [4.78, 5) is 0. The number of rotatable bonds is 3. The molecular weight excluding hydrogens is 252 g/mol. The minimum Gasteiger partial charge on any atom is -0.310 e. The Hall–Kier alpha value is -0.480. The molecule has 1 N–H and O–H groups in total. The third-order valence-corrected chi connectivity index (χ3v) is 2.85. The third kappa shape index (κ3) is 2.30. The average molecular weight is 264 g/mol. The Bertz CT molecular complexity index is 328. The summed E-state index contributed by atoms with van der Waals surface area (Å²) in [6, 6.07) is 2.73. The van der Waals surface area contributed by atoms with E-state index in [0.29, 0.717) is 0 Å². The zero-order valence-electron chi connectivity index (χ0n) is 8.07. The SMILES string of the molecule is CCNC(C)c1ccc(F)c(F)c1Br. The van der Waals surface area contributed by atoms with E-state index in [2.05, 4.69) is 21.2 Å². The summed E-state index contributed by atoms with van der Waals surface area (Å²) in [5.74, 6) is -1.66. The number of benzene rings is 1. The number of hydrogen-bond donors (Lipinski definition) is 1. The lowest BCUT2D eigenvalue weighted by molar-refractivity contribution is 0.496. The highest BCUT2D eigenvalue weighted by Crippen LogP contribution is 2.27. The summed E-state index contributed by atoms with van der Waals surface area (Å²) in [5.41, 5.74) is 0.728. The molecule has 1 aromatic carbocycles. The highest BCUT2D eigenvalue weighted by molar-refractivity contribution is 9.10. The fourth-order valence-corrected chi connectivity index (χ4v) is 1.96. The summed E-state index contributed by atoms with van der Waals surface area (Å²) >= 11 is 3.05. The van der Waals surface area contributed by atoms with E-state index in [4.69, 9.17) is 0 Å². The fourth-order valence-electron chi connectivity index (χ4n) is 1.29. The molecule has 1 atom stereocenters. The molecule has 0 aliphatic carbocycles. The van der Waals surface area contributed by atoms with Crippen LogP contribution in [0, 0.1) is 11.6 Å². The Labute approximate surface area is 90.6 Å².